The Bertz CT molecular complexity index is 334. The molecule has 0 saturated carbocycles. The maximum absolute atomic E-state index is 11.5. The number of piperazine rings is 1. The van der Waals surface area contributed by atoms with Gasteiger partial charge in [0.15, 0.2) is 0 Å². The van der Waals surface area contributed by atoms with Gasteiger partial charge in [0.2, 0.25) is 15.9 Å². The molecule has 0 aromatic carbocycles. The number of carbonyl (C=O) groups is 1. The van der Waals surface area contributed by atoms with Gasteiger partial charge >= 0.3 is 0 Å². The second-order valence-electron chi connectivity index (χ2n) is 4.15. The first-order chi connectivity index (χ1) is 7.42. The van der Waals surface area contributed by atoms with E-state index in [-0.39, 0.29) is 6.54 Å². The number of hydrogen-bond donors (Lipinski definition) is 2. The number of amides is 1. The molecule has 0 bridgehead atoms. The van der Waals surface area contributed by atoms with Crippen LogP contribution in [0.5, 0.6) is 0 Å². The lowest BCUT2D eigenvalue weighted by molar-refractivity contribution is -0.120. The molecule has 16 heavy (non-hydrogen) atoms. The normalized spacial score (nSPS) is 18.7. The van der Waals surface area contributed by atoms with Gasteiger partial charge in [0.25, 0.3) is 0 Å². The third kappa shape index (κ3) is 4.07. The predicted octanol–water partition coefficient (Wildman–Crippen LogP) is -1.25. The summed E-state index contributed by atoms with van der Waals surface area (Å²) in [5, 5.41) is 2.58. The monoisotopic (exact) mass is 249 g/mol. The summed E-state index contributed by atoms with van der Waals surface area (Å²) >= 11 is 0. The van der Waals surface area contributed by atoms with Crippen molar-refractivity contribution in [3.05, 3.63) is 0 Å². The minimum absolute atomic E-state index is 0.146. The standard InChI is InChI=1S/C9H19N3O3S/c1-8(2)16(14,15)11-9(13)7-12-5-3-10-4-6-12/h8,10H,3-7H2,1-2H3,(H,11,13). The zero-order valence-electron chi connectivity index (χ0n) is 9.69. The van der Waals surface area contributed by atoms with E-state index in [2.05, 4.69) is 10.0 Å². The van der Waals surface area contributed by atoms with E-state index in [1.54, 1.807) is 13.8 Å². The van der Waals surface area contributed by atoms with Crippen molar-refractivity contribution in [3.8, 4) is 0 Å². The highest BCUT2D eigenvalue weighted by molar-refractivity contribution is 7.90. The highest BCUT2D eigenvalue weighted by Gasteiger charge is 2.21. The molecule has 0 radical (unpaired) electrons. The summed E-state index contributed by atoms with van der Waals surface area (Å²) < 4.78 is 24.9. The zero-order chi connectivity index (χ0) is 12.2. The first-order valence-electron chi connectivity index (χ1n) is 5.39. The molecule has 7 heteroatoms. The molecule has 6 nitrogen and oxygen atoms in total. The smallest absolute Gasteiger partial charge is 0.247 e. The number of carbonyl (C=O) groups excluding carboxylic acids is 1. The van der Waals surface area contributed by atoms with E-state index in [0.29, 0.717) is 0 Å². The lowest BCUT2D eigenvalue weighted by Crippen LogP contribution is -2.49. The van der Waals surface area contributed by atoms with Crippen LogP contribution in [0.25, 0.3) is 0 Å². The van der Waals surface area contributed by atoms with E-state index in [0.717, 1.165) is 26.2 Å². The van der Waals surface area contributed by atoms with Crippen LogP contribution in [0.15, 0.2) is 0 Å². The molecule has 0 aliphatic carbocycles. The van der Waals surface area contributed by atoms with Crippen LogP contribution in [0.3, 0.4) is 0 Å². The molecule has 2 N–H and O–H groups in total. The molecule has 94 valence electrons. The summed E-state index contributed by atoms with van der Waals surface area (Å²) in [6.07, 6.45) is 0. The minimum atomic E-state index is -3.49. The van der Waals surface area contributed by atoms with Gasteiger partial charge in [0.1, 0.15) is 0 Å². The topological polar surface area (TPSA) is 78.5 Å². The van der Waals surface area contributed by atoms with Crippen LogP contribution in [-0.2, 0) is 14.8 Å². The molecular formula is C9H19N3O3S. The Balaban J connectivity index is 2.41. The highest BCUT2D eigenvalue weighted by Crippen LogP contribution is 1.97. The molecule has 1 rings (SSSR count). The number of nitrogens with zero attached hydrogens (tertiary/aromatic N) is 1. The summed E-state index contributed by atoms with van der Waals surface area (Å²) in [5.41, 5.74) is 0. The molecule has 0 aromatic rings. The second-order valence-corrected chi connectivity index (χ2v) is 6.38. The van der Waals surface area contributed by atoms with Crippen LogP contribution in [0.1, 0.15) is 13.8 Å². The Morgan fingerprint density at radius 1 is 1.38 bits per heavy atom. The molecule has 0 unspecified atom stereocenters. The molecule has 1 heterocycles. The fourth-order valence-electron chi connectivity index (χ4n) is 1.38. The Morgan fingerprint density at radius 3 is 2.44 bits per heavy atom. The van der Waals surface area contributed by atoms with Crippen molar-refractivity contribution < 1.29 is 13.2 Å². The third-order valence-corrected chi connectivity index (χ3v) is 4.21. The maximum Gasteiger partial charge on any atom is 0.247 e. The van der Waals surface area contributed by atoms with Crippen LogP contribution in [0.2, 0.25) is 0 Å². The van der Waals surface area contributed by atoms with Gasteiger partial charge in [-0.05, 0) is 13.8 Å². The van der Waals surface area contributed by atoms with Crippen LogP contribution >= 0.6 is 0 Å². The summed E-state index contributed by atoms with van der Waals surface area (Å²) in [6.45, 7) is 6.45. The molecule has 1 amide bonds. The summed E-state index contributed by atoms with van der Waals surface area (Å²) in [4.78, 5) is 13.4. The maximum atomic E-state index is 11.5. The van der Waals surface area contributed by atoms with Crippen molar-refractivity contribution in [2.75, 3.05) is 32.7 Å². The first kappa shape index (κ1) is 13.4. The SMILES string of the molecule is CC(C)S(=O)(=O)NC(=O)CN1CCNCC1. The number of rotatable bonds is 4. The van der Waals surface area contributed by atoms with Crippen molar-refractivity contribution in [3.63, 3.8) is 0 Å². The number of nitrogens with one attached hydrogen (secondary N) is 2. The van der Waals surface area contributed by atoms with Gasteiger partial charge in [0.05, 0.1) is 11.8 Å². The van der Waals surface area contributed by atoms with Gasteiger partial charge in [-0.15, -0.1) is 0 Å². The Morgan fingerprint density at radius 2 is 1.94 bits per heavy atom. The van der Waals surface area contributed by atoms with E-state index < -0.39 is 21.2 Å². The quantitative estimate of drug-likeness (QED) is 0.650. The van der Waals surface area contributed by atoms with Crippen molar-refractivity contribution in [1.29, 1.82) is 0 Å². The fourth-order valence-corrected chi connectivity index (χ4v) is 2.00. The van der Waals surface area contributed by atoms with E-state index in [4.69, 9.17) is 0 Å². The van der Waals surface area contributed by atoms with Gasteiger partial charge in [-0.2, -0.15) is 0 Å². The average Bonchev–Trinajstić information content (AvgIpc) is 2.17. The minimum Gasteiger partial charge on any atom is -0.314 e. The first-order valence-corrected chi connectivity index (χ1v) is 6.94. The van der Waals surface area contributed by atoms with E-state index in [1.807, 2.05) is 4.90 Å². The fraction of sp³-hybridized carbons (Fsp3) is 0.889. The molecule has 0 atom stereocenters. The summed E-state index contributed by atoms with van der Waals surface area (Å²) in [7, 11) is -3.49. The zero-order valence-corrected chi connectivity index (χ0v) is 10.5. The average molecular weight is 249 g/mol. The Hall–Kier alpha value is -0.660. The highest BCUT2D eigenvalue weighted by atomic mass is 32.2. The molecule has 0 aromatic heterocycles. The van der Waals surface area contributed by atoms with Gasteiger partial charge in [-0.3, -0.25) is 14.4 Å². The lowest BCUT2D eigenvalue weighted by atomic mass is 10.3. The second kappa shape index (κ2) is 5.60. The third-order valence-electron chi connectivity index (χ3n) is 2.45. The van der Waals surface area contributed by atoms with E-state index in [9.17, 15) is 13.2 Å². The van der Waals surface area contributed by atoms with E-state index >= 15 is 0 Å². The number of hydrogen-bond acceptors (Lipinski definition) is 5. The molecule has 1 aliphatic rings. The van der Waals surface area contributed by atoms with Gasteiger partial charge < -0.3 is 5.32 Å². The Kier molecular flexibility index (Phi) is 4.69. The van der Waals surface area contributed by atoms with Crippen molar-refractivity contribution in [2.45, 2.75) is 19.1 Å². The van der Waals surface area contributed by atoms with Crippen molar-refractivity contribution in [1.82, 2.24) is 14.9 Å². The lowest BCUT2D eigenvalue weighted by Gasteiger charge is -2.26. The molecule has 1 fully saturated rings. The molecule has 1 aliphatic heterocycles. The van der Waals surface area contributed by atoms with Crippen LogP contribution < -0.4 is 10.0 Å². The molecular weight excluding hydrogens is 230 g/mol. The predicted molar refractivity (Wildman–Crippen MR) is 61.5 cm³/mol. The molecule has 0 spiro atoms. The van der Waals surface area contributed by atoms with Gasteiger partial charge in [0, 0.05) is 26.2 Å². The number of sulfonamides is 1. The van der Waals surface area contributed by atoms with Crippen LogP contribution in [-0.4, -0.2) is 57.2 Å². The summed E-state index contributed by atoms with van der Waals surface area (Å²) in [6, 6.07) is 0. The largest absolute Gasteiger partial charge is 0.314 e. The van der Waals surface area contributed by atoms with Crippen molar-refractivity contribution in [2.24, 2.45) is 0 Å². The van der Waals surface area contributed by atoms with Gasteiger partial charge in [-0.1, -0.05) is 0 Å². The molecule has 1 saturated heterocycles. The van der Waals surface area contributed by atoms with Crippen LogP contribution in [0, 0.1) is 0 Å². The van der Waals surface area contributed by atoms with Gasteiger partial charge in [-0.25, -0.2) is 8.42 Å². The van der Waals surface area contributed by atoms with Crippen molar-refractivity contribution >= 4 is 15.9 Å². The van der Waals surface area contributed by atoms with Crippen LogP contribution in [0.4, 0.5) is 0 Å². The Labute approximate surface area is 96.4 Å². The summed E-state index contributed by atoms with van der Waals surface area (Å²) in [5.74, 6) is -0.449. The van der Waals surface area contributed by atoms with E-state index in [1.165, 1.54) is 0 Å².